The monoisotopic (exact) mass is 384 g/mol. The van der Waals surface area contributed by atoms with E-state index >= 15 is 0 Å². The zero-order valence-electron chi connectivity index (χ0n) is 13.8. The topological polar surface area (TPSA) is 49.4 Å². The van der Waals surface area contributed by atoms with E-state index in [0.29, 0.717) is 27.6 Å². The molecule has 2 aromatic carbocycles. The number of nitrogens with one attached hydrogen (secondary N) is 1. The third-order valence-electron chi connectivity index (χ3n) is 5.22. The molecule has 1 heterocycles. The van der Waals surface area contributed by atoms with Crippen LogP contribution in [0.15, 0.2) is 42.5 Å². The minimum atomic E-state index is -0.942. The number of carbonyl (C=O) groups excluding carboxylic acids is 2. The molecule has 1 saturated heterocycles. The van der Waals surface area contributed by atoms with Crippen molar-refractivity contribution in [2.24, 2.45) is 0 Å². The number of hydrogen-bond acceptors (Lipinski definition) is 2. The number of hydrogen-bond donors (Lipinski definition) is 1. The van der Waals surface area contributed by atoms with E-state index in [1.165, 1.54) is 0 Å². The second-order valence-corrected chi connectivity index (χ2v) is 7.65. The van der Waals surface area contributed by atoms with Gasteiger partial charge in [0.1, 0.15) is 13.4 Å². The van der Waals surface area contributed by atoms with Crippen LogP contribution in [-0.4, -0.2) is 25.3 Å². The van der Waals surface area contributed by atoms with Gasteiger partial charge in [-0.3, -0.25) is 4.79 Å². The van der Waals surface area contributed by atoms with Crippen LogP contribution in [0, 0.1) is 0 Å². The summed E-state index contributed by atoms with van der Waals surface area (Å²) in [5.74, 6) is -0.362. The average molecular weight is 385 g/mol. The Morgan fingerprint density at radius 2 is 1.73 bits per heavy atom. The molecule has 7 heteroatoms. The Kier molecular flexibility index (Phi) is 4.24. The van der Waals surface area contributed by atoms with Crippen molar-refractivity contribution in [3.05, 3.63) is 58.1 Å². The van der Waals surface area contributed by atoms with Gasteiger partial charge in [0, 0.05) is 16.0 Å². The van der Waals surface area contributed by atoms with Crippen molar-refractivity contribution in [3.8, 4) is 0 Å². The van der Waals surface area contributed by atoms with Crippen LogP contribution in [0.4, 0.5) is 10.5 Å². The Labute approximate surface area is 162 Å². The van der Waals surface area contributed by atoms with E-state index in [9.17, 15) is 9.59 Å². The summed E-state index contributed by atoms with van der Waals surface area (Å²) >= 11 is 12.1. The van der Waals surface area contributed by atoms with Crippen LogP contribution in [0.5, 0.6) is 0 Å². The molecule has 26 heavy (non-hydrogen) atoms. The zero-order valence-corrected chi connectivity index (χ0v) is 15.3. The predicted molar refractivity (Wildman–Crippen MR) is 104 cm³/mol. The predicted octanol–water partition coefficient (Wildman–Crippen LogP) is 3.55. The van der Waals surface area contributed by atoms with Gasteiger partial charge in [-0.1, -0.05) is 52.9 Å². The number of imide groups is 1. The van der Waals surface area contributed by atoms with Crippen LogP contribution in [0.3, 0.4) is 0 Å². The summed E-state index contributed by atoms with van der Waals surface area (Å²) in [5.41, 5.74) is 1.10. The fourth-order valence-electron chi connectivity index (χ4n) is 4.09. The van der Waals surface area contributed by atoms with E-state index in [1.807, 2.05) is 24.3 Å². The first kappa shape index (κ1) is 17.4. The number of urea groups is 1. The maximum absolute atomic E-state index is 13.3. The van der Waals surface area contributed by atoms with Gasteiger partial charge in [-0.25, -0.2) is 9.69 Å². The SMILES string of the molecule is [B]c1ccc([C@@H]2CCC[C@@]23NC(=O)N(c2cc(Cl)cc(Cl)c2)C3=O)cc1. The number of nitrogens with zero attached hydrogens (tertiary/aromatic N) is 1. The highest BCUT2D eigenvalue weighted by atomic mass is 35.5. The quantitative estimate of drug-likeness (QED) is 0.635. The molecule has 4 nitrogen and oxygen atoms in total. The summed E-state index contributed by atoms with van der Waals surface area (Å²) in [6, 6.07) is 11.7. The number of benzene rings is 2. The molecule has 1 aliphatic heterocycles. The Morgan fingerprint density at radius 3 is 2.38 bits per heavy atom. The second kappa shape index (κ2) is 6.32. The van der Waals surface area contributed by atoms with Gasteiger partial charge in [-0.2, -0.15) is 0 Å². The molecule has 0 bridgehead atoms. The van der Waals surface area contributed by atoms with Crippen LogP contribution in [0.25, 0.3) is 0 Å². The molecule has 2 atom stereocenters. The zero-order chi connectivity index (χ0) is 18.5. The molecule has 2 aliphatic rings. The van der Waals surface area contributed by atoms with Crippen molar-refractivity contribution in [1.29, 1.82) is 0 Å². The summed E-state index contributed by atoms with van der Waals surface area (Å²) in [4.78, 5) is 27.2. The largest absolute Gasteiger partial charge is 0.329 e. The first-order chi connectivity index (χ1) is 12.4. The smallest absolute Gasteiger partial charge is 0.322 e. The minimum absolute atomic E-state index is 0.0980. The Balaban J connectivity index is 1.74. The lowest BCUT2D eigenvalue weighted by Crippen LogP contribution is -2.49. The molecular formula is C19H15BCl2N2O2. The molecule has 3 amide bonds. The number of rotatable bonds is 2. The van der Waals surface area contributed by atoms with Crippen LogP contribution in [0.2, 0.25) is 10.0 Å². The molecule has 4 rings (SSSR count). The van der Waals surface area contributed by atoms with E-state index in [1.54, 1.807) is 18.2 Å². The average Bonchev–Trinajstić information content (AvgIpc) is 3.09. The van der Waals surface area contributed by atoms with Crippen molar-refractivity contribution in [1.82, 2.24) is 5.32 Å². The van der Waals surface area contributed by atoms with Crippen LogP contribution >= 0.6 is 23.2 Å². The third-order valence-corrected chi connectivity index (χ3v) is 5.66. The second-order valence-electron chi connectivity index (χ2n) is 6.78. The molecule has 1 spiro atoms. The summed E-state index contributed by atoms with van der Waals surface area (Å²) in [5, 5.41) is 3.69. The van der Waals surface area contributed by atoms with Gasteiger partial charge in [0.05, 0.1) is 5.69 Å². The van der Waals surface area contributed by atoms with Gasteiger partial charge in [0.25, 0.3) is 5.91 Å². The third kappa shape index (κ3) is 2.70. The fraction of sp³-hybridized carbons (Fsp3) is 0.263. The van der Waals surface area contributed by atoms with Gasteiger partial charge in [0.15, 0.2) is 0 Å². The lowest BCUT2D eigenvalue weighted by molar-refractivity contribution is -0.122. The minimum Gasteiger partial charge on any atom is -0.322 e. The Morgan fingerprint density at radius 1 is 1.08 bits per heavy atom. The van der Waals surface area contributed by atoms with E-state index in [2.05, 4.69) is 5.32 Å². The first-order valence-electron chi connectivity index (χ1n) is 8.39. The van der Waals surface area contributed by atoms with Crippen molar-refractivity contribution in [2.75, 3.05) is 4.90 Å². The highest BCUT2D eigenvalue weighted by molar-refractivity contribution is 6.36. The van der Waals surface area contributed by atoms with Crippen molar-refractivity contribution in [2.45, 2.75) is 30.7 Å². The highest BCUT2D eigenvalue weighted by Crippen LogP contribution is 2.47. The molecular weight excluding hydrogens is 370 g/mol. The molecule has 130 valence electrons. The van der Waals surface area contributed by atoms with Crippen molar-refractivity contribution in [3.63, 3.8) is 0 Å². The summed E-state index contributed by atoms with van der Waals surface area (Å²) in [7, 11) is 5.78. The van der Waals surface area contributed by atoms with Crippen LogP contribution in [-0.2, 0) is 4.79 Å². The maximum Gasteiger partial charge on any atom is 0.329 e. The van der Waals surface area contributed by atoms with Crippen molar-refractivity contribution < 1.29 is 9.59 Å². The number of carbonyl (C=O) groups is 2. The number of anilines is 1. The summed E-state index contributed by atoms with van der Waals surface area (Å²) < 4.78 is 0. The van der Waals surface area contributed by atoms with E-state index in [0.717, 1.165) is 23.3 Å². The van der Waals surface area contributed by atoms with Gasteiger partial charge >= 0.3 is 6.03 Å². The van der Waals surface area contributed by atoms with Gasteiger partial charge in [-0.05, 0) is 43.0 Å². The highest BCUT2D eigenvalue weighted by Gasteiger charge is 2.58. The molecule has 2 fully saturated rings. The van der Waals surface area contributed by atoms with E-state index in [-0.39, 0.29) is 11.8 Å². The van der Waals surface area contributed by atoms with Gasteiger partial charge < -0.3 is 5.32 Å². The van der Waals surface area contributed by atoms with Gasteiger partial charge in [-0.15, -0.1) is 0 Å². The lowest BCUT2D eigenvalue weighted by atomic mass is 9.80. The fourth-order valence-corrected chi connectivity index (χ4v) is 4.60. The van der Waals surface area contributed by atoms with Crippen LogP contribution < -0.4 is 15.7 Å². The molecule has 1 N–H and O–H groups in total. The molecule has 0 aromatic heterocycles. The number of halogens is 2. The van der Waals surface area contributed by atoms with E-state index in [4.69, 9.17) is 31.0 Å². The molecule has 1 aliphatic carbocycles. The van der Waals surface area contributed by atoms with Crippen molar-refractivity contribution >= 4 is 54.1 Å². The normalized spacial score (nSPS) is 25.2. The molecule has 2 radical (unpaired) electrons. The Bertz CT molecular complexity index is 883. The van der Waals surface area contributed by atoms with Crippen LogP contribution in [0.1, 0.15) is 30.7 Å². The molecule has 0 unspecified atom stereocenters. The maximum atomic E-state index is 13.3. The molecule has 2 aromatic rings. The lowest BCUT2D eigenvalue weighted by Gasteiger charge is -2.29. The Hall–Kier alpha value is -1.98. The summed E-state index contributed by atoms with van der Waals surface area (Å²) in [6.45, 7) is 0. The van der Waals surface area contributed by atoms with E-state index < -0.39 is 11.6 Å². The molecule has 1 saturated carbocycles. The number of amides is 3. The van der Waals surface area contributed by atoms with Gasteiger partial charge in [0.2, 0.25) is 0 Å². The first-order valence-corrected chi connectivity index (χ1v) is 9.14. The standard InChI is InChI=1S/C19H15BCl2N2O2/c20-12-5-3-11(4-6-12)16-2-1-7-19(16)17(25)24(18(26)23-19)15-9-13(21)8-14(22)10-15/h3-6,8-10,16H,1-2,7H2,(H,23,26)/t16-,19+/m0/s1. The summed E-state index contributed by atoms with van der Waals surface area (Å²) in [6.07, 6.45) is 2.27.